The number of alkyl halides is 9. The molecule has 1 N–H and O–H groups in total. The second-order valence-corrected chi connectivity index (χ2v) is 9.87. The standard InChI is InChI=1S/C27H27F9N2O4/c1-4-19-13-21(20-12-16(25(28,29)30)5-6-22(20)38(19)24(40)42-14(2)3)37-23(39)41-8-7-15-9-17(26(31,32)33)11-18(10-15)27(34,35)36/h5-6,9-12,14,19,21H,4,7-8,13H2,1-3H3,(H,37,39). The SMILES string of the molecule is CCC1CC(NC(=O)OCCc2cc(C(F)(F)F)cc(C(F)(F)F)c2)c2cc(C(F)(F)F)ccc2N1C(=O)OC(C)C. The summed E-state index contributed by atoms with van der Waals surface area (Å²) in [5.74, 6) is 0. The molecule has 2 atom stereocenters. The molecule has 2 aromatic carbocycles. The van der Waals surface area contributed by atoms with Crippen LogP contribution in [-0.2, 0) is 34.4 Å². The van der Waals surface area contributed by atoms with E-state index < -0.39 is 84.2 Å². The zero-order chi connectivity index (χ0) is 31.6. The normalized spacial score (nSPS) is 17.6. The number of hydrogen-bond acceptors (Lipinski definition) is 4. The Morgan fingerprint density at radius 2 is 1.48 bits per heavy atom. The van der Waals surface area contributed by atoms with Crippen LogP contribution in [0.2, 0.25) is 0 Å². The van der Waals surface area contributed by atoms with Gasteiger partial charge in [-0.05, 0) is 74.2 Å². The highest BCUT2D eigenvalue weighted by Crippen LogP contribution is 2.42. The lowest BCUT2D eigenvalue weighted by Crippen LogP contribution is -2.48. The van der Waals surface area contributed by atoms with Crippen LogP contribution in [0.25, 0.3) is 0 Å². The maximum atomic E-state index is 13.5. The summed E-state index contributed by atoms with van der Waals surface area (Å²) in [7, 11) is 0. The molecule has 0 spiro atoms. The molecule has 42 heavy (non-hydrogen) atoms. The summed E-state index contributed by atoms with van der Waals surface area (Å²) >= 11 is 0. The van der Waals surface area contributed by atoms with Crippen molar-refractivity contribution in [3.8, 4) is 0 Å². The second-order valence-electron chi connectivity index (χ2n) is 9.87. The number of halogens is 9. The van der Waals surface area contributed by atoms with Crippen LogP contribution >= 0.6 is 0 Å². The number of carbonyl (C=O) groups is 2. The largest absolute Gasteiger partial charge is 0.449 e. The van der Waals surface area contributed by atoms with Crippen molar-refractivity contribution in [3.63, 3.8) is 0 Å². The first-order valence-electron chi connectivity index (χ1n) is 12.7. The van der Waals surface area contributed by atoms with E-state index in [0.29, 0.717) is 18.6 Å². The molecule has 15 heteroatoms. The average molecular weight is 615 g/mol. The highest BCUT2D eigenvalue weighted by Gasteiger charge is 2.40. The van der Waals surface area contributed by atoms with Gasteiger partial charge in [0.1, 0.15) is 0 Å². The first-order chi connectivity index (χ1) is 19.3. The van der Waals surface area contributed by atoms with Crippen molar-refractivity contribution < 1.29 is 58.6 Å². The van der Waals surface area contributed by atoms with Crippen LogP contribution in [0.3, 0.4) is 0 Å². The third-order valence-corrected chi connectivity index (χ3v) is 6.43. The Morgan fingerprint density at radius 1 is 0.905 bits per heavy atom. The van der Waals surface area contributed by atoms with Gasteiger partial charge in [-0.25, -0.2) is 9.59 Å². The number of nitrogens with zero attached hydrogens (tertiary/aromatic N) is 1. The zero-order valence-electron chi connectivity index (χ0n) is 22.5. The van der Waals surface area contributed by atoms with Crippen molar-refractivity contribution in [1.29, 1.82) is 0 Å². The number of rotatable bonds is 6. The average Bonchev–Trinajstić information content (AvgIpc) is 2.85. The highest BCUT2D eigenvalue weighted by molar-refractivity contribution is 5.90. The predicted molar refractivity (Wildman–Crippen MR) is 132 cm³/mol. The van der Waals surface area contributed by atoms with Crippen molar-refractivity contribution in [2.75, 3.05) is 11.5 Å². The number of nitrogens with one attached hydrogen (secondary N) is 1. The van der Waals surface area contributed by atoms with E-state index >= 15 is 0 Å². The summed E-state index contributed by atoms with van der Waals surface area (Å²) in [6, 6.07) is 1.96. The lowest BCUT2D eigenvalue weighted by Gasteiger charge is -2.40. The minimum Gasteiger partial charge on any atom is -0.449 e. The number of ether oxygens (including phenoxy) is 2. The monoisotopic (exact) mass is 614 g/mol. The molecule has 2 amide bonds. The number of anilines is 1. The van der Waals surface area contributed by atoms with Gasteiger partial charge in [-0.3, -0.25) is 4.90 Å². The lowest BCUT2D eigenvalue weighted by atomic mass is 9.89. The third-order valence-electron chi connectivity index (χ3n) is 6.43. The van der Waals surface area contributed by atoms with E-state index in [0.717, 1.165) is 18.2 Å². The Labute approximate surface area is 234 Å². The van der Waals surface area contributed by atoms with Crippen LogP contribution in [0, 0.1) is 0 Å². The first-order valence-corrected chi connectivity index (χ1v) is 12.7. The number of fused-ring (bicyclic) bond motifs is 1. The molecule has 3 rings (SSSR count). The summed E-state index contributed by atoms with van der Waals surface area (Å²) < 4.78 is 129. The second kappa shape index (κ2) is 12.3. The molecule has 0 radical (unpaired) electrons. The molecule has 2 unspecified atom stereocenters. The number of alkyl carbamates (subject to hydrolysis) is 1. The van der Waals surface area contributed by atoms with Crippen LogP contribution in [0.15, 0.2) is 36.4 Å². The van der Waals surface area contributed by atoms with E-state index in [1.165, 1.54) is 4.90 Å². The van der Waals surface area contributed by atoms with Crippen molar-refractivity contribution in [2.45, 2.75) is 76.8 Å². The van der Waals surface area contributed by atoms with Gasteiger partial charge in [0.2, 0.25) is 0 Å². The quantitative estimate of drug-likeness (QED) is 0.333. The van der Waals surface area contributed by atoms with Crippen LogP contribution in [0.4, 0.5) is 54.8 Å². The smallest absolute Gasteiger partial charge is 0.416 e. The molecule has 1 heterocycles. The third kappa shape index (κ3) is 8.00. The molecule has 6 nitrogen and oxygen atoms in total. The first kappa shape index (κ1) is 32.9. The summed E-state index contributed by atoms with van der Waals surface area (Å²) in [5, 5.41) is 2.41. The molecule has 0 fully saturated rings. The molecule has 0 bridgehead atoms. The maximum absolute atomic E-state index is 13.5. The zero-order valence-corrected chi connectivity index (χ0v) is 22.5. The van der Waals surface area contributed by atoms with Gasteiger partial charge in [0.25, 0.3) is 0 Å². The number of carbonyl (C=O) groups excluding carboxylic acids is 2. The fourth-order valence-corrected chi connectivity index (χ4v) is 4.53. The Balaban J connectivity index is 1.82. The van der Waals surface area contributed by atoms with Crippen LogP contribution in [-0.4, -0.2) is 30.9 Å². The number of hydrogen-bond donors (Lipinski definition) is 1. The van der Waals surface area contributed by atoms with Gasteiger partial charge >= 0.3 is 30.7 Å². The van der Waals surface area contributed by atoms with Crippen molar-refractivity contribution >= 4 is 17.9 Å². The minimum absolute atomic E-state index is 0.0306. The van der Waals surface area contributed by atoms with Crippen molar-refractivity contribution in [1.82, 2.24) is 5.32 Å². The lowest BCUT2D eigenvalue weighted by molar-refractivity contribution is -0.143. The van der Waals surface area contributed by atoms with Crippen LogP contribution in [0.1, 0.15) is 67.5 Å². The fourth-order valence-electron chi connectivity index (χ4n) is 4.53. The Kier molecular flexibility index (Phi) is 9.62. The molecule has 232 valence electrons. The molecule has 0 aliphatic carbocycles. The fraction of sp³-hybridized carbons (Fsp3) is 0.481. The van der Waals surface area contributed by atoms with Gasteiger partial charge < -0.3 is 14.8 Å². The summed E-state index contributed by atoms with van der Waals surface area (Å²) in [6.45, 7) is 4.28. The molecule has 0 saturated carbocycles. The van der Waals surface area contributed by atoms with Crippen LogP contribution in [0.5, 0.6) is 0 Å². The van der Waals surface area contributed by atoms with E-state index in [1.54, 1.807) is 20.8 Å². The van der Waals surface area contributed by atoms with E-state index in [1.807, 2.05) is 0 Å². The minimum atomic E-state index is -5.05. The van der Waals surface area contributed by atoms with Gasteiger partial charge in [0.05, 0.1) is 41.1 Å². The Hall–Kier alpha value is -3.65. The van der Waals surface area contributed by atoms with Gasteiger partial charge in [-0.15, -0.1) is 0 Å². The molecule has 2 aromatic rings. The van der Waals surface area contributed by atoms with E-state index in [-0.39, 0.29) is 23.7 Å². The Morgan fingerprint density at radius 3 is 1.98 bits per heavy atom. The van der Waals surface area contributed by atoms with E-state index in [9.17, 15) is 49.1 Å². The molecule has 0 aromatic heterocycles. The van der Waals surface area contributed by atoms with Gasteiger partial charge in [0, 0.05) is 12.5 Å². The molecular formula is C27H27F9N2O4. The summed E-state index contributed by atoms with van der Waals surface area (Å²) in [4.78, 5) is 26.6. The molecular weight excluding hydrogens is 587 g/mol. The van der Waals surface area contributed by atoms with Gasteiger partial charge in [-0.2, -0.15) is 39.5 Å². The van der Waals surface area contributed by atoms with Gasteiger partial charge in [-0.1, -0.05) is 6.92 Å². The van der Waals surface area contributed by atoms with E-state index in [4.69, 9.17) is 9.47 Å². The number of amides is 2. The molecule has 1 aliphatic rings. The number of benzene rings is 2. The van der Waals surface area contributed by atoms with E-state index in [2.05, 4.69) is 5.32 Å². The summed E-state index contributed by atoms with van der Waals surface area (Å²) in [5.41, 5.74) is -4.48. The molecule has 1 aliphatic heterocycles. The highest BCUT2D eigenvalue weighted by atomic mass is 19.4. The predicted octanol–water partition coefficient (Wildman–Crippen LogP) is 8.29. The van der Waals surface area contributed by atoms with Crippen LogP contribution < -0.4 is 10.2 Å². The van der Waals surface area contributed by atoms with Gasteiger partial charge in [0.15, 0.2) is 0 Å². The van der Waals surface area contributed by atoms with Crippen molar-refractivity contribution in [2.24, 2.45) is 0 Å². The summed E-state index contributed by atoms with van der Waals surface area (Å²) in [6.07, 6.45) is -17.5. The molecule has 0 saturated heterocycles. The van der Waals surface area contributed by atoms with Crippen molar-refractivity contribution in [3.05, 3.63) is 64.2 Å². The Bertz CT molecular complexity index is 1260. The maximum Gasteiger partial charge on any atom is 0.416 e. The topological polar surface area (TPSA) is 67.9 Å².